The lowest BCUT2D eigenvalue weighted by molar-refractivity contribution is 0.282. The van der Waals surface area contributed by atoms with Gasteiger partial charge in [0, 0.05) is 78.3 Å². The van der Waals surface area contributed by atoms with Gasteiger partial charge in [-0.05, 0) is 114 Å². The largest absolute Gasteiger partial charge is 0.497 e. The highest BCUT2D eigenvalue weighted by Crippen LogP contribution is 2.34. The lowest BCUT2D eigenvalue weighted by Gasteiger charge is -2.10. The highest BCUT2D eigenvalue weighted by molar-refractivity contribution is 7.92. The van der Waals surface area contributed by atoms with Crippen molar-refractivity contribution in [1.82, 2.24) is 47.8 Å². The van der Waals surface area contributed by atoms with Crippen molar-refractivity contribution in [3.8, 4) is 51.0 Å². The van der Waals surface area contributed by atoms with E-state index in [4.69, 9.17) is 19.3 Å². The number of rotatable bonds is 20. The molecule has 0 saturated carbocycles. The van der Waals surface area contributed by atoms with E-state index in [9.17, 15) is 16.8 Å². The Morgan fingerprint density at radius 3 is 1.52 bits per heavy atom. The molecule has 456 valence electrons. The Balaban J connectivity index is 0.000000147. The molecule has 6 aromatic carbocycles. The molecule has 24 heteroatoms. The summed E-state index contributed by atoms with van der Waals surface area (Å²) in [7, 11) is -0.523. The number of nitrogens with one attached hydrogen (secondary N) is 5. The molecular weight excluding hydrogens is 1170 g/mol. The number of hydrogen-bond acceptors (Lipinski definition) is 17. The summed E-state index contributed by atoms with van der Waals surface area (Å²) in [6, 6.07) is 43.5. The number of aliphatic hydroxyl groups is 1. The van der Waals surface area contributed by atoms with Crippen LogP contribution < -0.4 is 39.6 Å². The molecule has 6 heterocycles. The van der Waals surface area contributed by atoms with E-state index < -0.39 is 20.0 Å². The molecule has 22 nitrogen and oxygen atoms in total. The van der Waals surface area contributed by atoms with E-state index in [2.05, 4.69) is 81.3 Å². The molecule has 0 fully saturated rings. The molecule has 0 radical (unpaired) electrons. The minimum Gasteiger partial charge on any atom is -0.497 e. The molecule has 6 aromatic heterocycles. The van der Waals surface area contributed by atoms with E-state index in [0.29, 0.717) is 64.9 Å². The second-order valence-electron chi connectivity index (χ2n) is 20.5. The number of fused-ring (bicyclic) bond motifs is 3. The Labute approximate surface area is 515 Å². The molecule has 0 aliphatic rings. The first-order valence-corrected chi connectivity index (χ1v) is 31.4. The Hall–Kier alpha value is -10.4. The zero-order chi connectivity index (χ0) is 62.7. The van der Waals surface area contributed by atoms with Crippen molar-refractivity contribution in [2.45, 2.75) is 44.4 Å². The minimum atomic E-state index is -3.44. The number of nitrogens with zero attached hydrogens (tertiary/aromatic N) is 9. The van der Waals surface area contributed by atoms with Crippen LogP contribution in [0.5, 0.6) is 17.2 Å². The summed E-state index contributed by atoms with van der Waals surface area (Å²) < 4.78 is 73.4. The number of methoxy groups -OCH3 is 3. The highest BCUT2D eigenvalue weighted by atomic mass is 32.2. The van der Waals surface area contributed by atoms with E-state index in [0.717, 1.165) is 73.8 Å². The van der Waals surface area contributed by atoms with Gasteiger partial charge >= 0.3 is 0 Å². The van der Waals surface area contributed by atoms with Crippen LogP contribution in [-0.2, 0) is 39.7 Å². The van der Waals surface area contributed by atoms with Gasteiger partial charge in [-0.2, -0.15) is 0 Å². The number of benzene rings is 6. The third kappa shape index (κ3) is 14.7. The zero-order valence-corrected chi connectivity index (χ0v) is 51.5. The fourth-order valence-electron chi connectivity index (χ4n) is 9.58. The summed E-state index contributed by atoms with van der Waals surface area (Å²) in [6.07, 6.45) is 17.3. The van der Waals surface area contributed by atoms with Crippen LogP contribution in [0.3, 0.4) is 0 Å². The highest BCUT2D eigenvalue weighted by Gasteiger charge is 2.17. The Morgan fingerprint density at radius 2 is 1.01 bits per heavy atom. The van der Waals surface area contributed by atoms with Crippen molar-refractivity contribution in [3.05, 3.63) is 218 Å². The summed E-state index contributed by atoms with van der Waals surface area (Å²) in [5, 5.41) is 19.1. The van der Waals surface area contributed by atoms with Gasteiger partial charge in [0.05, 0.1) is 74.8 Å². The average Bonchev–Trinajstić information content (AvgIpc) is 4.34. The molecule has 0 saturated heterocycles. The molecule has 12 rings (SSSR count). The predicted molar refractivity (Wildman–Crippen MR) is 347 cm³/mol. The number of aliphatic hydroxyl groups excluding tert-OH is 1. The van der Waals surface area contributed by atoms with Gasteiger partial charge in [0.25, 0.3) is 0 Å². The topological polar surface area (TPSA) is 267 Å². The Morgan fingerprint density at radius 1 is 0.517 bits per heavy atom. The Bertz CT molecular complexity index is 4620. The summed E-state index contributed by atoms with van der Waals surface area (Å²) >= 11 is 0. The van der Waals surface area contributed by atoms with Gasteiger partial charge < -0.3 is 35.3 Å². The van der Waals surface area contributed by atoms with Gasteiger partial charge in [0.1, 0.15) is 5.75 Å². The SMILES string of the molecule is CC(C)c1ccc(Nc2nccn3c(-c4cccc(NS(C)(=O)=O)c4)cnc23)cc1.CNS(=O)(=O)c1ccc(CNc2nccn3c(-c4ccc(OC)cc4)cnc23)cc1.COc1ccc(-c2cnc3c(NCc4ccc(CO)cc4)nccn23)cc1OC. The van der Waals surface area contributed by atoms with Crippen molar-refractivity contribution in [2.24, 2.45) is 0 Å². The first-order chi connectivity index (χ1) is 43.0. The number of anilines is 5. The third-order valence-electron chi connectivity index (χ3n) is 14.3. The van der Waals surface area contributed by atoms with Crippen LogP contribution in [-0.4, -0.2) is 99.7 Å². The van der Waals surface area contributed by atoms with Crippen molar-refractivity contribution in [1.29, 1.82) is 0 Å². The molecule has 0 unspecified atom stereocenters. The summed E-state index contributed by atoms with van der Waals surface area (Å²) in [6.45, 7) is 5.46. The van der Waals surface area contributed by atoms with Crippen LogP contribution in [0.25, 0.3) is 50.7 Å². The molecule has 12 aromatic rings. The molecule has 0 aliphatic carbocycles. The normalized spacial score (nSPS) is 11.4. The average molecular weight is 1240 g/mol. The first kappa shape index (κ1) is 61.7. The van der Waals surface area contributed by atoms with Crippen LogP contribution in [0, 0.1) is 0 Å². The lowest BCUT2D eigenvalue weighted by Crippen LogP contribution is -2.18. The number of ether oxygens (including phenoxy) is 3. The van der Waals surface area contributed by atoms with Gasteiger partial charge in [-0.1, -0.05) is 74.5 Å². The molecular formula is C65H66N14O8S2. The van der Waals surface area contributed by atoms with Crippen molar-refractivity contribution >= 4 is 65.8 Å². The fraction of sp³-hybridized carbons (Fsp3) is 0.169. The molecule has 0 amide bonds. The second kappa shape index (κ2) is 27.5. The van der Waals surface area contributed by atoms with Crippen LogP contribution >= 0.6 is 0 Å². The molecule has 0 bridgehead atoms. The van der Waals surface area contributed by atoms with Gasteiger partial charge in [-0.25, -0.2) is 51.5 Å². The first-order valence-electron chi connectivity index (χ1n) is 28.0. The van der Waals surface area contributed by atoms with E-state index in [1.165, 1.54) is 12.6 Å². The van der Waals surface area contributed by atoms with Crippen molar-refractivity contribution in [2.75, 3.05) is 55.3 Å². The number of imidazole rings is 3. The van der Waals surface area contributed by atoms with E-state index >= 15 is 0 Å². The van der Waals surface area contributed by atoms with Gasteiger partial charge in [-0.15, -0.1) is 0 Å². The Kier molecular flexibility index (Phi) is 19.1. The monoisotopic (exact) mass is 1230 g/mol. The van der Waals surface area contributed by atoms with Crippen LogP contribution in [0.1, 0.15) is 42.0 Å². The molecule has 0 aliphatic heterocycles. The standard InChI is InChI=1S/C22H23N5O2S.C22H22N4O3.C21H21N5O3S/c1-15(2)16-7-9-18(10-8-16)25-21-22-24-14-20(27(22)12-11-23-21)17-5-4-6-19(13-17)26-30(3,28)29;1-28-19-8-7-17(11-20(19)29-2)18-13-25-22-21(23-9-10-26(18)22)24-12-15-3-5-16(14-27)6-4-15;1-22-30(27,28)18-9-3-15(4-10-18)13-24-20-21-25-14-19(26(21)12-11-23-20)16-5-7-17(29-2)8-6-16/h4-15,26H,1-3H3,(H,23,25);3-11,13,27H,12,14H2,1-2H3,(H,23,24);3-12,14,22H,13H2,1-2H3,(H,23,24). The van der Waals surface area contributed by atoms with Crippen LogP contribution in [0.2, 0.25) is 0 Å². The maximum Gasteiger partial charge on any atom is 0.240 e. The zero-order valence-electron chi connectivity index (χ0n) is 49.8. The molecule has 89 heavy (non-hydrogen) atoms. The lowest BCUT2D eigenvalue weighted by atomic mass is 10.0. The van der Waals surface area contributed by atoms with Gasteiger partial charge in [0.2, 0.25) is 20.0 Å². The maximum atomic E-state index is 11.8. The minimum absolute atomic E-state index is 0.0432. The summed E-state index contributed by atoms with van der Waals surface area (Å²) in [5.74, 6) is 4.61. The summed E-state index contributed by atoms with van der Waals surface area (Å²) in [5.41, 5.74) is 13.3. The molecule has 6 N–H and O–H groups in total. The maximum absolute atomic E-state index is 11.8. The third-order valence-corrected chi connectivity index (χ3v) is 16.3. The number of hydrogen-bond donors (Lipinski definition) is 6. The van der Waals surface area contributed by atoms with E-state index in [-0.39, 0.29) is 11.5 Å². The van der Waals surface area contributed by atoms with Gasteiger partial charge in [0.15, 0.2) is 45.9 Å². The van der Waals surface area contributed by atoms with E-state index in [1.807, 2.05) is 123 Å². The van der Waals surface area contributed by atoms with Crippen molar-refractivity contribution < 1.29 is 36.2 Å². The quantitative estimate of drug-likeness (QED) is 0.0414. The van der Waals surface area contributed by atoms with Crippen LogP contribution in [0.15, 0.2) is 200 Å². The van der Waals surface area contributed by atoms with Gasteiger partial charge in [-0.3, -0.25) is 17.9 Å². The smallest absolute Gasteiger partial charge is 0.240 e. The second-order valence-corrected chi connectivity index (χ2v) is 24.2. The number of sulfonamides is 2. The summed E-state index contributed by atoms with van der Waals surface area (Å²) in [4.78, 5) is 27.2. The predicted octanol–water partition coefficient (Wildman–Crippen LogP) is 11.1. The molecule has 0 spiro atoms. The van der Waals surface area contributed by atoms with Crippen molar-refractivity contribution in [3.63, 3.8) is 0 Å². The fourth-order valence-corrected chi connectivity index (χ4v) is 10.9. The van der Waals surface area contributed by atoms with Crippen LogP contribution in [0.4, 0.5) is 28.8 Å². The molecule has 0 atom stereocenters. The number of aromatic nitrogens is 9. The van der Waals surface area contributed by atoms with E-state index in [1.54, 1.807) is 94.8 Å².